The van der Waals surface area contributed by atoms with Crippen LogP contribution < -0.4 is 0 Å². The van der Waals surface area contributed by atoms with E-state index < -0.39 is 8.56 Å². The second-order valence-electron chi connectivity index (χ2n) is 3.36. The van der Waals surface area contributed by atoms with Gasteiger partial charge in [-0.25, -0.2) is 0 Å². The molecule has 0 heterocycles. The van der Waals surface area contributed by atoms with Crippen LogP contribution in [0, 0.1) is 0 Å². The van der Waals surface area contributed by atoms with E-state index in [1.807, 2.05) is 0 Å². The molecule has 1 rings (SSSR count). The molecule has 0 spiro atoms. The van der Waals surface area contributed by atoms with Crippen molar-refractivity contribution in [2.75, 3.05) is 0 Å². The smallest absolute Gasteiger partial charge is 0.170 e. The van der Waals surface area contributed by atoms with Gasteiger partial charge >= 0.3 is 0 Å². The van der Waals surface area contributed by atoms with Crippen LogP contribution in [-0.4, -0.2) is 38.1 Å². The van der Waals surface area contributed by atoms with E-state index in [9.17, 15) is 0 Å². The predicted octanol–water partition coefficient (Wildman–Crippen LogP) is -1.48. The van der Waals surface area contributed by atoms with Crippen LogP contribution in [-0.2, 0) is 14.3 Å². The maximum absolute atomic E-state index is 5.83. The molecule has 0 bridgehead atoms. The second-order valence-corrected chi connectivity index (χ2v) is 14.2. The van der Waals surface area contributed by atoms with Crippen LogP contribution in [0.15, 0.2) is 30.3 Å². The summed E-state index contributed by atoms with van der Waals surface area (Å²) < 4.78 is 11.3. The quantitative estimate of drug-likeness (QED) is 0.458. The first-order valence-electron chi connectivity index (χ1n) is 4.97. The van der Waals surface area contributed by atoms with Crippen molar-refractivity contribution in [1.82, 2.24) is 0 Å². The summed E-state index contributed by atoms with van der Waals surface area (Å²) in [6.45, 7) is 2.26. The highest BCUT2D eigenvalue weighted by Crippen LogP contribution is 1.98. The van der Waals surface area contributed by atoms with E-state index in [1.54, 1.807) is 0 Å². The van der Waals surface area contributed by atoms with Gasteiger partial charge in [-0.15, -0.1) is 0 Å². The maximum Gasteiger partial charge on any atom is 0.170 e. The molecule has 0 N–H and O–H groups in total. The Hall–Kier alpha value is 0.00753. The molecule has 0 aliphatic heterocycles. The Balaban J connectivity index is 2.10. The molecular formula is C8H18O2Si4. The van der Waals surface area contributed by atoms with Gasteiger partial charge in [-0.2, -0.15) is 0 Å². The van der Waals surface area contributed by atoms with Crippen LogP contribution >= 0.6 is 0 Å². The van der Waals surface area contributed by atoms with Crippen LogP contribution in [0.2, 0.25) is 6.55 Å². The normalized spacial score (nSPS) is 14.6. The molecule has 0 saturated heterocycles. The number of rotatable bonds is 6. The molecule has 14 heavy (non-hydrogen) atoms. The van der Waals surface area contributed by atoms with Crippen molar-refractivity contribution in [1.29, 1.82) is 0 Å². The van der Waals surface area contributed by atoms with Crippen LogP contribution in [0.3, 0.4) is 0 Å². The van der Waals surface area contributed by atoms with Gasteiger partial charge in [0.15, 0.2) is 17.8 Å². The van der Waals surface area contributed by atoms with Crippen LogP contribution in [0.4, 0.5) is 0 Å². The number of hydrogen-bond acceptors (Lipinski definition) is 2. The second kappa shape index (κ2) is 7.32. The molecule has 2 nitrogen and oxygen atoms in total. The lowest BCUT2D eigenvalue weighted by Gasteiger charge is -2.08. The molecule has 0 fully saturated rings. The van der Waals surface area contributed by atoms with Gasteiger partial charge in [-0.3, -0.25) is 0 Å². The maximum atomic E-state index is 5.83. The highest BCUT2D eigenvalue weighted by molar-refractivity contribution is 7.07. The summed E-state index contributed by atoms with van der Waals surface area (Å²) in [7, 11) is -0.469. The number of benzene rings is 1. The monoisotopic (exact) mass is 258 g/mol. The molecule has 0 amide bonds. The first-order chi connectivity index (χ1) is 6.83. The van der Waals surface area contributed by atoms with Crippen molar-refractivity contribution >= 4 is 38.1 Å². The van der Waals surface area contributed by atoms with Crippen molar-refractivity contribution in [2.24, 2.45) is 0 Å². The van der Waals surface area contributed by atoms with Crippen molar-refractivity contribution in [2.45, 2.75) is 12.6 Å². The third-order valence-electron chi connectivity index (χ3n) is 2.13. The van der Waals surface area contributed by atoms with E-state index >= 15 is 0 Å². The Kier molecular flexibility index (Phi) is 6.31. The average Bonchev–Trinajstić information content (AvgIpc) is 2.25. The Morgan fingerprint density at radius 3 is 2.71 bits per heavy atom. The fourth-order valence-corrected chi connectivity index (χ4v) is 10.5. The average molecular weight is 259 g/mol. The van der Waals surface area contributed by atoms with E-state index in [-0.39, 0.29) is 19.0 Å². The first-order valence-corrected chi connectivity index (χ1v) is 12.8. The fourth-order valence-electron chi connectivity index (χ4n) is 1.15. The van der Waals surface area contributed by atoms with Crippen LogP contribution in [0.5, 0.6) is 0 Å². The summed E-state index contributed by atoms with van der Waals surface area (Å²) in [6, 6.07) is 11.8. The molecule has 78 valence electrons. The van der Waals surface area contributed by atoms with Gasteiger partial charge in [0.05, 0.1) is 0 Å². The van der Waals surface area contributed by atoms with Crippen molar-refractivity contribution in [3.8, 4) is 0 Å². The largest absolute Gasteiger partial charge is 0.466 e. The zero-order valence-corrected chi connectivity index (χ0v) is 14.9. The summed E-state index contributed by atoms with van der Waals surface area (Å²) in [5, 5.41) is 0. The van der Waals surface area contributed by atoms with E-state index in [1.165, 1.54) is 11.6 Å². The first kappa shape index (κ1) is 12.1. The summed E-state index contributed by atoms with van der Waals surface area (Å²) in [4.78, 5) is 0. The fraction of sp³-hybridized carbons (Fsp3) is 0.250. The summed E-state index contributed by atoms with van der Waals surface area (Å²) in [5.74, 6) is 0. The molecule has 0 aliphatic rings. The summed E-state index contributed by atoms with van der Waals surface area (Å²) >= 11 is 0. The number of hydrogen-bond donors (Lipinski definition) is 0. The van der Waals surface area contributed by atoms with Crippen molar-refractivity contribution < 1.29 is 8.23 Å². The molecule has 1 atom stereocenters. The molecule has 0 radical (unpaired) electrons. The zero-order valence-electron chi connectivity index (χ0n) is 8.90. The summed E-state index contributed by atoms with van der Waals surface area (Å²) in [5.41, 5.74) is 1.43. The molecule has 1 aromatic rings. The van der Waals surface area contributed by atoms with Crippen molar-refractivity contribution in [3.63, 3.8) is 0 Å². The third-order valence-corrected chi connectivity index (χ3v) is 15.2. The highest BCUT2D eigenvalue weighted by Gasteiger charge is 2.02. The van der Waals surface area contributed by atoms with Gasteiger partial charge in [0.1, 0.15) is 20.2 Å². The van der Waals surface area contributed by atoms with Gasteiger partial charge in [0.25, 0.3) is 0 Å². The molecule has 0 aliphatic carbocycles. The van der Waals surface area contributed by atoms with Crippen LogP contribution in [0.1, 0.15) is 5.56 Å². The summed E-state index contributed by atoms with van der Waals surface area (Å²) in [6.07, 6.45) is 0. The topological polar surface area (TPSA) is 18.5 Å². The minimum atomic E-state index is -0.794. The van der Waals surface area contributed by atoms with Gasteiger partial charge in [-0.1, -0.05) is 36.9 Å². The van der Waals surface area contributed by atoms with E-state index in [0.717, 1.165) is 10.5 Å². The molecular weight excluding hydrogens is 240 g/mol. The Bertz CT molecular complexity index is 244. The van der Waals surface area contributed by atoms with E-state index in [0.29, 0.717) is 0 Å². The molecule has 6 heteroatoms. The zero-order chi connectivity index (χ0) is 10.2. The third kappa shape index (κ3) is 5.03. The van der Waals surface area contributed by atoms with E-state index in [2.05, 4.69) is 36.9 Å². The van der Waals surface area contributed by atoms with Gasteiger partial charge in [0, 0.05) is 0 Å². The lowest BCUT2D eigenvalue weighted by molar-refractivity contribution is 0.617. The highest BCUT2D eigenvalue weighted by atomic mass is 29.2. The Labute approximate surface area is 95.0 Å². The van der Waals surface area contributed by atoms with E-state index in [4.69, 9.17) is 8.23 Å². The van der Waals surface area contributed by atoms with Gasteiger partial charge in [-0.05, 0) is 11.6 Å². The van der Waals surface area contributed by atoms with Gasteiger partial charge < -0.3 is 8.23 Å². The van der Waals surface area contributed by atoms with Crippen molar-refractivity contribution in [3.05, 3.63) is 35.9 Å². The molecule has 1 aromatic carbocycles. The SMILES string of the molecule is C[SiH](O[SiH3])[SiH2]O[SiH2]Cc1ccccc1. The Morgan fingerprint density at radius 1 is 1.36 bits per heavy atom. The Morgan fingerprint density at radius 2 is 2.07 bits per heavy atom. The van der Waals surface area contributed by atoms with Gasteiger partial charge in [0.2, 0.25) is 0 Å². The minimum Gasteiger partial charge on any atom is -0.466 e. The molecule has 1 unspecified atom stereocenters. The minimum absolute atomic E-state index is 0.267. The standard InChI is InChI=1S/C8H18O2Si4/c1-14(9-11)13-10-12-7-8-5-3-2-4-6-8/h2-6,14H,7,12-13H2,1,11H3. The molecule has 0 saturated carbocycles. The lowest BCUT2D eigenvalue weighted by Crippen LogP contribution is -2.25. The predicted molar refractivity (Wildman–Crippen MR) is 72.4 cm³/mol. The molecule has 0 aromatic heterocycles. The lowest BCUT2D eigenvalue weighted by atomic mass is 10.2. The van der Waals surface area contributed by atoms with Crippen LogP contribution in [0.25, 0.3) is 0 Å².